The van der Waals surface area contributed by atoms with Gasteiger partial charge in [0.15, 0.2) is 0 Å². The molecule has 0 aliphatic carbocycles. The van der Waals surface area contributed by atoms with E-state index in [9.17, 15) is 4.79 Å². The zero-order chi connectivity index (χ0) is 21.9. The molecule has 5 heteroatoms. The number of urea groups is 1. The first-order valence-corrected chi connectivity index (χ1v) is 11.8. The summed E-state index contributed by atoms with van der Waals surface area (Å²) in [6.45, 7) is 3.66. The van der Waals surface area contributed by atoms with Crippen molar-refractivity contribution in [2.45, 2.75) is 31.8 Å². The molecule has 2 heterocycles. The van der Waals surface area contributed by atoms with E-state index in [0.29, 0.717) is 0 Å². The number of halogens is 1. The van der Waals surface area contributed by atoms with Crippen molar-refractivity contribution in [3.8, 4) is 11.1 Å². The van der Waals surface area contributed by atoms with Crippen molar-refractivity contribution < 1.29 is 4.79 Å². The topological polar surface area (TPSA) is 35.6 Å². The smallest absolute Gasteiger partial charge is 0.322 e. The molecule has 0 aromatic heterocycles. The summed E-state index contributed by atoms with van der Waals surface area (Å²) in [6.07, 6.45) is 2.86. The number of carbonyl (C=O) groups excluding carboxylic acids is 1. The van der Waals surface area contributed by atoms with Gasteiger partial charge in [-0.1, -0.05) is 60.1 Å². The number of nitrogens with one attached hydrogen (secondary N) is 1. The van der Waals surface area contributed by atoms with Crippen molar-refractivity contribution in [1.82, 2.24) is 10.2 Å². The van der Waals surface area contributed by atoms with E-state index in [1.165, 1.54) is 22.3 Å². The fourth-order valence-corrected chi connectivity index (χ4v) is 4.88. The molecule has 32 heavy (non-hydrogen) atoms. The van der Waals surface area contributed by atoms with Gasteiger partial charge < -0.3 is 5.32 Å². The normalized spacial score (nSPS) is 16.7. The Morgan fingerprint density at radius 2 is 1.66 bits per heavy atom. The highest BCUT2D eigenvalue weighted by atomic mass is 35.5. The fraction of sp³-hybridized carbons (Fsp3) is 0.296. The van der Waals surface area contributed by atoms with Crippen LogP contribution in [0, 0.1) is 0 Å². The third-order valence-corrected chi connectivity index (χ3v) is 6.81. The number of hydrogen-bond donors (Lipinski definition) is 1. The van der Waals surface area contributed by atoms with E-state index in [0.717, 1.165) is 56.2 Å². The second-order valence-corrected chi connectivity index (χ2v) is 9.17. The molecule has 1 saturated heterocycles. The Morgan fingerprint density at radius 3 is 2.41 bits per heavy atom. The van der Waals surface area contributed by atoms with Gasteiger partial charge in [-0.15, -0.1) is 0 Å². The molecule has 3 aromatic rings. The van der Waals surface area contributed by atoms with E-state index in [1.54, 1.807) is 0 Å². The summed E-state index contributed by atoms with van der Waals surface area (Å²) in [4.78, 5) is 17.4. The number of likely N-dealkylation sites (tertiary alicyclic amines) is 1. The average molecular weight is 446 g/mol. The molecule has 0 spiro atoms. The standard InChI is InChI=1S/C27H28ClN3O/c28-24-9-6-20(7-10-24)19-30-15-13-25(14-16-30)29-27(32)31-17-12-23-18-22(8-11-26(23)31)21-4-2-1-3-5-21/h1-11,18,25H,12-17,19H2,(H,29,32). The Labute approximate surface area is 194 Å². The Hall–Kier alpha value is -2.82. The van der Waals surface area contributed by atoms with Crippen LogP contribution < -0.4 is 10.2 Å². The molecule has 0 bridgehead atoms. The van der Waals surface area contributed by atoms with Crippen LogP contribution in [0.25, 0.3) is 11.1 Å². The van der Waals surface area contributed by atoms with Crippen molar-refractivity contribution in [2.75, 3.05) is 24.5 Å². The molecular weight excluding hydrogens is 418 g/mol. The largest absolute Gasteiger partial charge is 0.335 e. The highest BCUT2D eigenvalue weighted by Crippen LogP contribution is 2.32. The monoisotopic (exact) mass is 445 g/mol. The Kier molecular flexibility index (Phi) is 6.15. The maximum absolute atomic E-state index is 13.0. The van der Waals surface area contributed by atoms with E-state index in [-0.39, 0.29) is 12.1 Å². The van der Waals surface area contributed by atoms with Gasteiger partial charge in [0.1, 0.15) is 0 Å². The molecule has 0 saturated carbocycles. The van der Waals surface area contributed by atoms with Gasteiger partial charge in [-0.05, 0) is 65.8 Å². The van der Waals surface area contributed by atoms with Gasteiger partial charge in [0.2, 0.25) is 0 Å². The lowest BCUT2D eigenvalue weighted by Gasteiger charge is -2.33. The van der Waals surface area contributed by atoms with Crippen molar-refractivity contribution in [3.05, 3.63) is 88.9 Å². The van der Waals surface area contributed by atoms with Gasteiger partial charge >= 0.3 is 6.03 Å². The zero-order valence-electron chi connectivity index (χ0n) is 18.1. The Morgan fingerprint density at radius 1 is 0.906 bits per heavy atom. The van der Waals surface area contributed by atoms with E-state index in [2.05, 4.69) is 64.8 Å². The summed E-state index contributed by atoms with van der Waals surface area (Å²) in [5.74, 6) is 0. The van der Waals surface area contributed by atoms with Crippen LogP contribution in [0.5, 0.6) is 0 Å². The molecule has 2 aliphatic rings. The van der Waals surface area contributed by atoms with E-state index in [1.807, 2.05) is 23.1 Å². The molecule has 0 unspecified atom stereocenters. The minimum atomic E-state index is 0.0346. The predicted molar refractivity (Wildman–Crippen MR) is 131 cm³/mol. The fourth-order valence-electron chi connectivity index (χ4n) is 4.76. The average Bonchev–Trinajstić information content (AvgIpc) is 3.26. The first kappa shape index (κ1) is 21.0. The summed E-state index contributed by atoms with van der Waals surface area (Å²) in [5.41, 5.74) is 5.99. The van der Waals surface area contributed by atoms with Crippen LogP contribution in [0.3, 0.4) is 0 Å². The van der Waals surface area contributed by atoms with Gasteiger partial charge in [0.25, 0.3) is 0 Å². The summed E-state index contributed by atoms with van der Waals surface area (Å²) in [7, 11) is 0. The van der Waals surface area contributed by atoms with E-state index in [4.69, 9.17) is 11.6 Å². The number of anilines is 1. The molecule has 2 aliphatic heterocycles. The van der Waals surface area contributed by atoms with Crippen molar-refractivity contribution in [1.29, 1.82) is 0 Å². The summed E-state index contributed by atoms with van der Waals surface area (Å²) in [5, 5.41) is 4.06. The molecule has 2 amide bonds. The van der Waals surface area contributed by atoms with Gasteiger partial charge in [-0.3, -0.25) is 9.80 Å². The number of fused-ring (bicyclic) bond motifs is 1. The first-order chi connectivity index (χ1) is 15.7. The molecule has 3 aromatic carbocycles. The molecule has 5 rings (SSSR count). The summed E-state index contributed by atoms with van der Waals surface area (Å²) >= 11 is 5.99. The van der Waals surface area contributed by atoms with Gasteiger partial charge in [0.05, 0.1) is 0 Å². The summed E-state index contributed by atoms with van der Waals surface area (Å²) < 4.78 is 0. The molecule has 1 fully saturated rings. The third-order valence-electron chi connectivity index (χ3n) is 6.56. The summed E-state index contributed by atoms with van der Waals surface area (Å²) in [6, 6.07) is 25.2. The van der Waals surface area contributed by atoms with Crippen LogP contribution in [-0.4, -0.2) is 36.6 Å². The van der Waals surface area contributed by atoms with Crippen LogP contribution in [-0.2, 0) is 13.0 Å². The van der Waals surface area contributed by atoms with Crippen molar-refractivity contribution >= 4 is 23.3 Å². The molecule has 1 N–H and O–H groups in total. The van der Waals surface area contributed by atoms with Gasteiger partial charge in [-0.2, -0.15) is 0 Å². The SMILES string of the molecule is O=C(NC1CCN(Cc2ccc(Cl)cc2)CC1)N1CCc2cc(-c3ccccc3)ccc21. The minimum Gasteiger partial charge on any atom is -0.335 e. The number of benzene rings is 3. The maximum atomic E-state index is 13.0. The quantitative estimate of drug-likeness (QED) is 0.555. The van der Waals surface area contributed by atoms with Crippen LogP contribution in [0.4, 0.5) is 10.5 Å². The van der Waals surface area contributed by atoms with Crippen LogP contribution in [0.1, 0.15) is 24.0 Å². The second-order valence-electron chi connectivity index (χ2n) is 8.74. The number of rotatable bonds is 4. The van der Waals surface area contributed by atoms with Gasteiger partial charge in [-0.25, -0.2) is 4.79 Å². The number of amides is 2. The van der Waals surface area contributed by atoms with E-state index < -0.39 is 0 Å². The van der Waals surface area contributed by atoms with Crippen molar-refractivity contribution in [3.63, 3.8) is 0 Å². The minimum absolute atomic E-state index is 0.0346. The Balaban J connectivity index is 1.16. The first-order valence-electron chi connectivity index (χ1n) is 11.4. The number of hydrogen-bond acceptors (Lipinski definition) is 2. The number of nitrogens with zero attached hydrogens (tertiary/aromatic N) is 2. The molecule has 0 radical (unpaired) electrons. The molecule has 4 nitrogen and oxygen atoms in total. The molecule has 0 atom stereocenters. The van der Waals surface area contributed by atoms with Crippen LogP contribution >= 0.6 is 11.6 Å². The maximum Gasteiger partial charge on any atom is 0.322 e. The Bertz CT molecular complexity index is 1080. The van der Waals surface area contributed by atoms with Crippen molar-refractivity contribution in [2.24, 2.45) is 0 Å². The lowest BCUT2D eigenvalue weighted by atomic mass is 10.0. The highest BCUT2D eigenvalue weighted by Gasteiger charge is 2.28. The third kappa shape index (κ3) is 4.67. The number of piperidine rings is 1. The molecule has 164 valence electrons. The predicted octanol–water partition coefficient (Wildman–Crippen LogP) is 5.74. The zero-order valence-corrected chi connectivity index (χ0v) is 18.9. The molecular formula is C27H28ClN3O. The highest BCUT2D eigenvalue weighted by molar-refractivity contribution is 6.30. The van der Waals surface area contributed by atoms with Crippen LogP contribution in [0.2, 0.25) is 5.02 Å². The van der Waals surface area contributed by atoms with Gasteiger partial charge in [0, 0.05) is 42.9 Å². The van der Waals surface area contributed by atoms with E-state index >= 15 is 0 Å². The lowest BCUT2D eigenvalue weighted by molar-refractivity contribution is 0.188. The second kappa shape index (κ2) is 9.35. The number of carbonyl (C=O) groups is 1. The lowest BCUT2D eigenvalue weighted by Crippen LogP contribution is -2.48. The van der Waals surface area contributed by atoms with Crippen LogP contribution in [0.15, 0.2) is 72.8 Å².